The van der Waals surface area contributed by atoms with Crippen molar-refractivity contribution in [2.75, 3.05) is 13.7 Å². The fourth-order valence-corrected chi connectivity index (χ4v) is 10.2. The molecule has 0 radical (unpaired) electrons. The molecule has 8 atom stereocenters. The Balaban J connectivity index is 1.59. The lowest BCUT2D eigenvalue weighted by Gasteiger charge is -2.68. The van der Waals surface area contributed by atoms with Crippen LogP contribution in [0.15, 0.2) is 41.0 Å². The normalized spacial score (nSPS) is 47.3. The Morgan fingerprint density at radius 2 is 1.77 bits per heavy atom. The second-order valence-electron chi connectivity index (χ2n) is 12.5. The van der Waals surface area contributed by atoms with Crippen molar-refractivity contribution in [2.24, 2.45) is 22.2 Å². The zero-order valence-corrected chi connectivity index (χ0v) is 23.6. The van der Waals surface area contributed by atoms with Crippen LogP contribution in [0.3, 0.4) is 0 Å². The van der Waals surface area contributed by atoms with Gasteiger partial charge in [0, 0.05) is 12.5 Å². The summed E-state index contributed by atoms with van der Waals surface area (Å²) in [5.41, 5.74) is -1.66. The smallest absolute Gasteiger partial charge is 0.338 e. The molecule has 2 saturated carbocycles. The monoisotopic (exact) mass is 520 g/mol. The largest absolute Gasteiger partial charge is 0.408 e. The molecule has 192 valence electrons. The Morgan fingerprint density at radius 1 is 1.11 bits per heavy atom. The Bertz CT molecular complexity index is 1240. The maximum Gasteiger partial charge on any atom is 0.338 e. The number of epoxide rings is 1. The summed E-state index contributed by atoms with van der Waals surface area (Å²) in [4.78, 5) is 0.126. The summed E-state index contributed by atoms with van der Waals surface area (Å²) in [6.45, 7) is 15.1. The van der Waals surface area contributed by atoms with Crippen molar-refractivity contribution in [1.82, 2.24) is 0 Å². The van der Waals surface area contributed by atoms with E-state index in [1.54, 1.807) is 31.4 Å². The van der Waals surface area contributed by atoms with Crippen LogP contribution in [0.5, 0.6) is 0 Å². The minimum absolute atomic E-state index is 0.0811. The quantitative estimate of drug-likeness (QED) is 0.313. The molecule has 4 fully saturated rings. The Kier molecular flexibility index (Phi) is 4.55. The third-order valence-electron chi connectivity index (χ3n) is 9.87. The van der Waals surface area contributed by atoms with E-state index >= 15 is 0 Å². The Hall–Kier alpha value is -1.23. The molecule has 7 nitrogen and oxygen atoms in total. The van der Waals surface area contributed by atoms with Crippen molar-refractivity contribution >= 4 is 18.4 Å². The molecule has 2 heterocycles. The lowest BCUT2D eigenvalue weighted by Crippen LogP contribution is -2.79. The minimum Gasteiger partial charge on any atom is -0.408 e. The average molecular weight is 521 g/mol. The van der Waals surface area contributed by atoms with Crippen LogP contribution in [0.4, 0.5) is 0 Å². The molecule has 0 amide bonds. The third-order valence-corrected chi connectivity index (χ3v) is 12.1. The standard InChI is InChI=1S/C26H36O7SSi/c1-16-9-11-18(12-10-16)34(27,28)32-20-14-24-17(2)13-19-25(24,31-19)22(3)15-30-26(29-5,23(20,22)4)21(24)33-35(6,7)8/h9-12,14,17,19,21H,13,15H2,1-8H3/t17-,19?,21?,22?,23?,24?,25?,26?/m1/s1. The molecule has 1 aromatic rings. The molecule has 4 bridgehead atoms. The van der Waals surface area contributed by atoms with Crippen molar-refractivity contribution in [3.63, 3.8) is 0 Å². The van der Waals surface area contributed by atoms with Gasteiger partial charge in [-0.3, -0.25) is 0 Å². The van der Waals surface area contributed by atoms with Gasteiger partial charge >= 0.3 is 10.1 Å². The topological polar surface area (TPSA) is 83.6 Å². The van der Waals surface area contributed by atoms with Gasteiger partial charge in [0.15, 0.2) is 8.32 Å². The van der Waals surface area contributed by atoms with Crippen LogP contribution >= 0.6 is 0 Å². The highest BCUT2D eigenvalue weighted by Gasteiger charge is 2.98. The number of methoxy groups -OCH3 is 1. The van der Waals surface area contributed by atoms with E-state index < -0.39 is 52.2 Å². The predicted molar refractivity (Wildman–Crippen MR) is 131 cm³/mol. The highest BCUT2D eigenvalue weighted by atomic mass is 32.2. The summed E-state index contributed by atoms with van der Waals surface area (Å²) in [7, 11) is -4.52. The van der Waals surface area contributed by atoms with Gasteiger partial charge in [0.1, 0.15) is 22.4 Å². The van der Waals surface area contributed by atoms with Gasteiger partial charge in [-0.15, -0.1) is 0 Å². The van der Waals surface area contributed by atoms with E-state index in [1.165, 1.54) is 0 Å². The number of ether oxygens (including phenoxy) is 3. The second-order valence-corrected chi connectivity index (χ2v) is 18.5. The number of benzene rings is 1. The highest BCUT2D eigenvalue weighted by molar-refractivity contribution is 7.86. The molecule has 1 aromatic carbocycles. The summed E-state index contributed by atoms with van der Waals surface area (Å²) in [6.07, 6.45) is 2.56. The Labute approximate surface area is 209 Å². The summed E-state index contributed by atoms with van der Waals surface area (Å²) >= 11 is 0. The van der Waals surface area contributed by atoms with Gasteiger partial charge in [-0.05, 0) is 64.0 Å². The lowest BCUT2D eigenvalue weighted by molar-refractivity contribution is -0.341. The first kappa shape index (κ1) is 24.1. The van der Waals surface area contributed by atoms with Crippen LogP contribution in [-0.2, 0) is 32.9 Å². The fraction of sp³-hybridized carbons (Fsp3) is 0.692. The maximum atomic E-state index is 13.5. The van der Waals surface area contributed by atoms with Crippen LogP contribution < -0.4 is 0 Å². The molecular weight excluding hydrogens is 484 g/mol. The van der Waals surface area contributed by atoms with E-state index in [0.717, 1.165) is 12.0 Å². The molecule has 35 heavy (non-hydrogen) atoms. The van der Waals surface area contributed by atoms with E-state index in [0.29, 0.717) is 12.4 Å². The molecule has 2 aliphatic heterocycles. The molecule has 2 spiro atoms. The van der Waals surface area contributed by atoms with Gasteiger partial charge in [0.05, 0.1) is 23.5 Å². The van der Waals surface area contributed by atoms with Crippen LogP contribution in [0.2, 0.25) is 19.6 Å². The van der Waals surface area contributed by atoms with Gasteiger partial charge < -0.3 is 22.8 Å². The first-order valence-electron chi connectivity index (χ1n) is 12.4. The molecule has 0 aromatic heterocycles. The van der Waals surface area contributed by atoms with E-state index in [2.05, 4.69) is 33.5 Å². The number of aryl methyl sites for hydroxylation is 1. The molecular formula is C26H36O7SSi. The number of hydrogen-bond donors (Lipinski definition) is 0. The first-order chi connectivity index (χ1) is 16.2. The summed E-state index contributed by atoms with van der Waals surface area (Å²) < 4.78 is 59.6. The molecule has 9 heteroatoms. The van der Waals surface area contributed by atoms with Crippen LogP contribution in [0, 0.1) is 29.1 Å². The SMILES string of the molecule is COC12OCC3(C)C1(C)C(OS(=O)(=O)c1ccc(C)cc1)=CC1(C2O[Si](C)(C)C)[C@H](C)CC2OC213. The van der Waals surface area contributed by atoms with Gasteiger partial charge in [-0.1, -0.05) is 31.5 Å². The van der Waals surface area contributed by atoms with E-state index in [-0.39, 0.29) is 16.9 Å². The van der Waals surface area contributed by atoms with Gasteiger partial charge in [0.2, 0.25) is 5.79 Å². The van der Waals surface area contributed by atoms with Gasteiger partial charge in [-0.2, -0.15) is 8.42 Å². The summed E-state index contributed by atoms with van der Waals surface area (Å²) in [5, 5.41) is 0. The van der Waals surface area contributed by atoms with Crippen molar-refractivity contribution in [1.29, 1.82) is 0 Å². The molecule has 6 aliphatic rings. The fourth-order valence-electron chi connectivity index (χ4n) is 8.15. The molecule has 7 rings (SSSR count). The van der Waals surface area contributed by atoms with Crippen LogP contribution in [0.25, 0.3) is 0 Å². The van der Waals surface area contributed by atoms with E-state index in [1.807, 2.05) is 19.9 Å². The van der Waals surface area contributed by atoms with Crippen LogP contribution in [-0.4, -0.2) is 54.0 Å². The summed E-state index contributed by atoms with van der Waals surface area (Å²) in [5.74, 6) is -0.650. The van der Waals surface area contributed by atoms with Gasteiger partial charge in [0.25, 0.3) is 0 Å². The molecule has 4 aliphatic carbocycles. The molecule has 0 N–H and O–H groups in total. The predicted octanol–water partition coefficient (Wildman–Crippen LogP) is 4.38. The maximum absolute atomic E-state index is 13.5. The van der Waals surface area contributed by atoms with E-state index in [4.69, 9.17) is 22.8 Å². The molecule has 2 saturated heterocycles. The molecule has 7 unspecified atom stereocenters. The van der Waals surface area contributed by atoms with Crippen molar-refractivity contribution in [2.45, 2.75) is 82.2 Å². The first-order valence-corrected chi connectivity index (χ1v) is 17.3. The Morgan fingerprint density at radius 3 is 2.37 bits per heavy atom. The number of hydrogen-bond acceptors (Lipinski definition) is 7. The minimum atomic E-state index is -4.08. The zero-order valence-electron chi connectivity index (χ0n) is 21.8. The van der Waals surface area contributed by atoms with Crippen molar-refractivity contribution < 1.29 is 31.2 Å². The summed E-state index contributed by atoms with van der Waals surface area (Å²) in [6, 6.07) is 6.72. The zero-order chi connectivity index (χ0) is 25.4. The van der Waals surface area contributed by atoms with Crippen molar-refractivity contribution in [3.05, 3.63) is 41.7 Å². The van der Waals surface area contributed by atoms with Gasteiger partial charge in [-0.25, -0.2) is 0 Å². The number of rotatable bonds is 6. The average Bonchev–Trinajstić information content (AvgIpc) is 3.36. The third kappa shape index (κ3) is 2.44. The second kappa shape index (κ2) is 6.60. The highest BCUT2D eigenvalue weighted by Crippen LogP contribution is 2.87. The van der Waals surface area contributed by atoms with E-state index in [9.17, 15) is 8.42 Å². The van der Waals surface area contributed by atoms with Crippen molar-refractivity contribution in [3.8, 4) is 0 Å². The lowest BCUT2D eigenvalue weighted by atomic mass is 9.38. The van der Waals surface area contributed by atoms with Crippen LogP contribution in [0.1, 0.15) is 32.8 Å².